The van der Waals surface area contributed by atoms with Gasteiger partial charge in [-0.15, -0.1) is 0 Å². The highest BCUT2D eigenvalue weighted by Crippen LogP contribution is 2.44. The molecule has 1 saturated carbocycles. The van der Waals surface area contributed by atoms with Crippen LogP contribution in [0, 0.1) is 25.7 Å². The van der Waals surface area contributed by atoms with E-state index in [1.807, 2.05) is 55.1 Å². The number of benzene rings is 2. The second-order valence-corrected chi connectivity index (χ2v) is 7.58. The highest BCUT2D eigenvalue weighted by Gasteiger charge is 2.51. The predicted octanol–water partition coefficient (Wildman–Crippen LogP) is 3.86. The summed E-state index contributed by atoms with van der Waals surface area (Å²) in [6.45, 7) is 6.11. The van der Waals surface area contributed by atoms with Crippen LogP contribution in [0.25, 0.3) is 0 Å². The van der Waals surface area contributed by atoms with Crippen molar-refractivity contribution >= 4 is 23.2 Å². The lowest BCUT2D eigenvalue weighted by molar-refractivity contribution is -0.123. The molecular weight excluding hydrogens is 324 g/mol. The Morgan fingerprint density at radius 1 is 1.04 bits per heavy atom. The molecule has 4 rings (SSSR count). The highest BCUT2D eigenvalue weighted by molar-refractivity contribution is 6.05. The third-order valence-corrected chi connectivity index (χ3v) is 5.75. The minimum Gasteiger partial charge on any atom is -0.326 e. The topological polar surface area (TPSA) is 49.4 Å². The molecule has 0 bridgehead atoms. The molecule has 0 spiro atoms. The Morgan fingerprint density at radius 3 is 2.62 bits per heavy atom. The third-order valence-electron chi connectivity index (χ3n) is 5.75. The number of nitrogens with zero attached hydrogens (tertiary/aromatic N) is 1. The van der Waals surface area contributed by atoms with Gasteiger partial charge in [0.25, 0.3) is 0 Å². The summed E-state index contributed by atoms with van der Waals surface area (Å²) < 4.78 is 0. The van der Waals surface area contributed by atoms with Gasteiger partial charge in [-0.1, -0.05) is 30.3 Å². The number of aryl methyl sites for hydroxylation is 1. The number of para-hydroxylation sites is 1. The van der Waals surface area contributed by atoms with Gasteiger partial charge in [0, 0.05) is 17.4 Å². The monoisotopic (exact) mass is 348 g/mol. The van der Waals surface area contributed by atoms with E-state index in [0.29, 0.717) is 6.42 Å². The van der Waals surface area contributed by atoms with Crippen LogP contribution in [0.15, 0.2) is 42.5 Å². The van der Waals surface area contributed by atoms with Crippen LogP contribution in [0.1, 0.15) is 30.0 Å². The van der Waals surface area contributed by atoms with E-state index < -0.39 is 0 Å². The van der Waals surface area contributed by atoms with E-state index in [-0.39, 0.29) is 29.7 Å². The van der Waals surface area contributed by atoms with Gasteiger partial charge in [-0.25, -0.2) is 0 Å². The molecule has 2 aliphatic rings. The summed E-state index contributed by atoms with van der Waals surface area (Å²) >= 11 is 0. The van der Waals surface area contributed by atoms with E-state index in [0.717, 1.165) is 28.9 Å². The second-order valence-electron chi connectivity index (χ2n) is 7.58. The summed E-state index contributed by atoms with van der Waals surface area (Å²) in [7, 11) is 0. The van der Waals surface area contributed by atoms with Crippen LogP contribution < -0.4 is 10.2 Å². The third kappa shape index (κ3) is 2.79. The van der Waals surface area contributed by atoms with Crippen molar-refractivity contribution in [3.63, 3.8) is 0 Å². The minimum absolute atomic E-state index is 0.0443. The van der Waals surface area contributed by atoms with Gasteiger partial charge in [0.1, 0.15) is 0 Å². The summed E-state index contributed by atoms with van der Waals surface area (Å²) in [4.78, 5) is 27.5. The van der Waals surface area contributed by atoms with Crippen LogP contribution in [0.3, 0.4) is 0 Å². The average Bonchev–Trinajstić information content (AvgIpc) is 3.35. The number of fused-ring (bicyclic) bond motifs is 1. The van der Waals surface area contributed by atoms with Crippen molar-refractivity contribution in [3.8, 4) is 0 Å². The molecule has 3 atom stereocenters. The highest BCUT2D eigenvalue weighted by atomic mass is 16.2. The van der Waals surface area contributed by atoms with Gasteiger partial charge in [0.05, 0.1) is 11.8 Å². The molecule has 1 fully saturated rings. The molecule has 1 aliphatic carbocycles. The molecule has 0 aromatic heterocycles. The summed E-state index contributed by atoms with van der Waals surface area (Å²) in [6.07, 6.45) is 1.52. The van der Waals surface area contributed by atoms with Gasteiger partial charge < -0.3 is 10.2 Å². The van der Waals surface area contributed by atoms with Crippen LogP contribution in [0.4, 0.5) is 11.4 Å². The summed E-state index contributed by atoms with van der Waals surface area (Å²) in [5.74, 6) is -0.378. The molecule has 3 unspecified atom stereocenters. The fourth-order valence-electron chi connectivity index (χ4n) is 3.95. The molecule has 134 valence electrons. The SMILES string of the molecule is Cc1cccc(NC(=O)C2CC2C(=O)N2c3ccccc3CC2C)c1C. The molecular formula is C22H24N2O2. The van der Waals surface area contributed by atoms with Crippen LogP contribution in [0.2, 0.25) is 0 Å². The summed E-state index contributed by atoms with van der Waals surface area (Å²) in [5, 5.41) is 3.01. The maximum Gasteiger partial charge on any atom is 0.231 e. The first-order valence-electron chi connectivity index (χ1n) is 9.25. The van der Waals surface area contributed by atoms with Gasteiger partial charge in [0.2, 0.25) is 11.8 Å². The Hall–Kier alpha value is -2.62. The standard InChI is InChI=1S/C22H24N2O2/c1-13-7-6-9-19(15(13)3)23-21(25)17-12-18(17)22(26)24-14(2)11-16-8-4-5-10-20(16)24/h4-10,14,17-18H,11-12H2,1-3H3,(H,23,25). The number of anilines is 2. The Bertz CT molecular complexity index is 889. The smallest absolute Gasteiger partial charge is 0.231 e. The van der Waals surface area contributed by atoms with Crippen LogP contribution in [0.5, 0.6) is 0 Å². The lowest BCUT2D eigenvalue weighted by Crippen LogP contribution is -2.37. The zero-order valence-electron chi connectivity index (χ0n) is 15.5. The van der Waals surface area contributed by atoms with Crippen molar-refractivity contribution in [1.82, 2.24) is 0 Å². The molecule has 4 nitrogen and oxygen atoms in total. The van der Waals surface area contributed by atoms with Gasteiger partial charge in [-0.2, -0.15) is 0 Å². The first-order valence-corrected chi connectivity index (χ1v) is 9.25. The molecule has 2 aromatic rings. The second kappa shape index (κ2) is 6.27. The predicted molar refractivity (Wildman–Crippen MR) is 103 cm³/mol. The lowest BCUT2D eigenvalue weighted by Gasteiger charge is -2.23. The van der Waals surface area contributed by atoms with Crippen molar-refractivity contribution < 1.29 is 9.59 Å². The van der Waals surface area contributed by atoms with Crippen molar-refractivity contribution in [2.45, 2.75) is 39.7 Å². The molecule has 2 amide bonds. The Balaban J connectivity index is 1.46. The molecule has 1 N–H and O–H groups in total. The Labute approximate surface area is 154 Å². The zero-order chi connectivity index (χ0) is 18.4. The maximum absolute atomic E-state index is 13.0. The van der Waals surface area contributed by atoms with E-state index >= 15 is 0 Å². The van der Waals surface area contributed by atoms with E-state index in [1.165, 1.54) is 5.56 Å². The molecule has 1 heterocycles. The largest absolute Gasteiger partial charge is 0.326 e. The number of carbonyl (C=O) groups is 2. The molecule has 0 radical (unpaired) electrons. The number of hydrogen-bond acceptors (Lipinski definition) is 2. The number of rotatable bonds is 3. The van der Waals surface area contributed by atoms with Crippen LogP contribution in [-0.4, -0.2) is 17.9 Å². The summed E-state index contributed by atoms with van der Waals surface area (Å²) in [6, 6.07) is 14.1. The van der Waals surface area contributed by atoms with E-state index in [4.69, 9.17) is 0 Å². The van der Waals surface area contributed by atoms with Crippen molar-refractivity contribution in [3.05, 3.63) is 59.2 Å². The van der Waals surface area contributed by atoms with Gasteiger partial charge >= 0.3 is 0 Å². The molecule has 4 heteroatoms. The Kier molecular flexibility index (Phi) is 4.06. The molecule has 0 saturated heterocycles. The number of hydrogen-bond donors (Lipinski definition) is 1. The van der Waals surface area contributed by atoms with Crippen molar-refractivity contribution in [1.29, 1.82) is 0 Å². The van der Waals surface area contributed by atoms with Crippen LogP contribution >= 0.6 is 0 Å². The van der Waals surface area contributed by atoms with E-state index in [9.17, 15) is 9.59 Å². The number of carbonyl (C=O) groups excluding carboxylic acids is 2. The van der Waals surface area contributed by atoms with Crippen molar-refractivity contribution in [2.24, 2.45) is 11.8 Å². The first kappa shape index (κ1) is 16.8. The maximum atomic E-state index is 13.0. The fourth-order valence-corrected chi connectivity index (χ4v) is 3.95. The van der Waals surface area contributed by atoms with Gasteiger partial charge in [-0.3, -0.25) is 9.59 Å². The molecule has 26 heavy (non-hydrogen) atoms. The van der Waals surface area contributed by atoms with Gasteiger partial charge in [0.15, 0.2) is 0 Å². The summed E-state index contributed by atoms with van der Waals surface area (Å²) in [5.41, 5.74) is 5.28. The number of amides is 2. The Morgan fingerprint density at radius 2 is 1.81 bits per heavy atom. The molecule has 2 aromatic carbocycles. The van der Waals surface area contributed by atoms with Gasteiger partial charge in [-0.05, 0) is 62.4 Å². The first-order chi connectivity index (χ1) is 12.5. The lowest BCUT2D eigenvalue weighted by atomic mass is 10.1. The minimum atomic E-state index is -0.220. The zero-order valence-corrected chi connectivity index (χ0v) is 15.5. The van der Waals surface area contributed by atoms with Crippen molar-refractivity contribution in [2.75, 3.05) is 10.2 Å². The van der Waals surface area contributed by atoms with Crippen LogP contribution in [-0.2, 0) is 16.0 Å². The molecule has 1 aliphatic heterocycles. The average molecular weight is 348 g/mol. The van der Waals surface area contributed by atoms with E-state index in [1.54, 1.807) is 0 Å². The quantitative estimate of drug-likeness (QED) is 0.916. The fraction of sp³-hybridized carbons (Fsp3) is 0.364. The normalized spacial score (nSPS) is 23.5. The number of nitrogens with one attached hydrogen (secondary N) is 1. The van der Waals surface area contributed by atoms with E-state index in [2.05, 4.69) is 18.3 Å².